The lowest BCUT2D eigenvalue weighted by atomic mass is 10.1. The lowest BCUT2D eigenvalue weighted by molar-refractivity contribution is 0.178. The highest BCUT2D eigenvalue weighted by molar-refractivity contribution is 9.10. The van der Waals surface area contributed by atoms with Gasteiger partial charge in [0.25, 0.3) is 0 Å². The van der Waals surface area contributed by atoms with Crippen LogP contribution in [0, 0.1) is 0 Å². The van der Waals surface area contributed by atoms with Crippen molar-refractivity contribution in [2.24, 2.45) is 0 Å². The molecule has 90 valence electrons. The van der Waals surface area contributed by atoms with Crippen molar-refractivity contribution in [1.82, 2.24) is 14.8 Å². The lowest BCUT2D eigenvalue weighted by Crippen LogP contribution is -2.01. The fourth-order valence-corrected chi connectivity index (χ4v) is 2.05. The van der Waals surface area contributed by atoms with Crippen LogP contribution in [-0.2, 0) is 13.0 Å². The molecule has 0 amide bonds. The first kappa shape index (κ1) is 12.3. The molecule has 0 spiro atoms. The Labute approximate surface area is 108 Å². The second kappa shape index (κ2) is 5.42. The molecule has 2 rings (SSSR count). The Morgan fingerprint density at radius 2 is 2.24 bits per heavy atom. The van der Waals surface area contributed by atoms with Crippen LogP contribution in [-0.4, -0.2) is 19.9 Å². The van der Waals surface area contributed by atoms with Crippen LogP contribution in [0.4, 0.5) is 0 Å². The standard InChI is InChI=1S/C12H14BrN3O/c1-2-16-8-10(6-15-16)12(17)4-9-3-11(13)7-14-5-9/h3,5-8,12,17H,2,4H2,1H3. The SMILES string of the molecule is CCn1cc(C(O)Cc2cncc(Br)c2)cn1. The maximum absolute atomic E-state index is 10.1. The van der Waals surface area contributed by atoms with Gasteiger partial charge in [-0.1, -0.05) is 0 Å². The molecule has 5 heteroatoms. The van der Waals surface area contributed by atoms with Crippen LogP contribution < -0.4 is 0 Å². The predicted molar refractivity (Wildman–Crippen MR) is 68.5 cm³/mol. The molecule has 2 aromatic rings. The van der Waals surface area contributed by atoms with Gasteiger partial charge in [-0.15, -0.1) is 0 Å². The summed E-state index contributed by atoms with van der Waals surface area (Å²) >= 11 is 3.36. The molecule has 1 N–H and O–H groups in total. The zero-order valence-corrected chi connectivity index (χ0v) is 11.1. The molecule has 2 heterocycles. The van der Waals surface area contributed by atoms with E-state index < -0.39 is 6.10 Å². The second-order valence-electron chi connectivity index (χ2n) is 3.86. The van der Waals surface area contributed by atoms with Crippen LogP contribution in [0.15, 0.2) is 35.3 Å². The summed E-state index contributed by atoms with van der Waals surface area (Å²) in [6, 6.07) is 1.96. The third-order valence-electron chi connectivity index (χ3n) is 2.55. The van der Waals surface area contributed by atoms with Crippen molar-refractivity contribution in [2.75, 3.05) is 0 Å². The Bertz CT molecular complexity index is 498. The Kier molecular flexibility index (Phi) is 3.91. The predicted octanol–water partition coefficient (Wildman–Crippen LogP) is 2.34. The van der Waals surface area contributed by atoms with Gasteiger partial charge >= 0.3 is 0 Å². The van der Waals surface area contributed by atoms with Gasteiger partial charge in [0.1, 0.15) is 0 Å². The van der Waals surface area contributed by atoms with E-state index in [-0.39, 0.29) is 0 Å². The number of halogens is 1. The minimum absolute atomic E-state index is 0.536. The molecule has 4 nitrogen and oxygen atoms in total. The summed E-state index contributed by atoms with van der Waals surface area (Å²) in [6.45, 7) is 2.83. The Hall–Kier alpha value is -1.20. The summed E-state index contributed by atoms with van der Waals surface area (Å²) in [5.41, 5.74) is 1.84. The van der Waals surface area contributed by atoms with Gasteiger partial charge in [0.05, 0.1) is 12.3 Å². The topological polar surface area (TPSA) is 50.9 Å². The average molecular weight is 296 g/mol. The van der Waals surface area contributed by atoms with Crippen LogP contribution in [0.1, 0.15) is 24.2 Å². The van der Waals surface area contributed by atoms with Gasteiger partial charge in [-0.05, 0) is 34.5 Å². The molecule has 0 aliphatic heterocycles. The third kappa shape index (κ3) is 3.14. The fourth-order valence-electron chi connectivity index (χ4n) is 1.63. The van der Waals surface area contributed by atoms with E-state index in [0.717, 1.165) is 22.1 Å². The van der Waals surface area contributed by atoms with Gasteiger partial charge in [-0.2, -0.15) is 5.10 Å². The number of hydrogen-bond acceptors (Lipinski definition) is 3. The number of pyridine rings is 1. The van der Waals surface area contributed by atoms with Crippen LogP contribution >= 0.6 is 15.9 Å². The number of nitrogens with zero attached hydrogens (tertiary/aromatic N) is 3. The van der Waals surface area contributed by atoms with Crippen LogP contribution in [0.3, 0.4) is 0 Å². The van der Waals surface area contributed by atoms with Gasteiger partial charge in [0, 0.05) is 41.6 Å². The molecule has 0 fully saturated rings. The molecule has 1 atom stereocenters. The maximum atomic E-state index is 10.1. The molecule has 0 radical (unpaired) electrons. The number of aliphatic hydroxyl groups is 1. The zero-order chi connectivity index (χ0) is 12.3. The summed E-state index contributed by atoms with van der Waals surface area (Å²) in [6.07, 6.45) is 7.08. The van der Waals surface area contributed by atoms with Crippen molar-refractivity contribution >= 4 is 15.9 Å². The van der Waals surface area contributed by atoms with Crippen molar-refractivity contribution < 1.29 is 5.11 Å². The lowest BCUT2D eigenvalue weighted by Gasteiger charge is -2.08. The minimum Gasteiger partial charge on any atom is -0.388 e. The van der Waals surface area contributed by atoms with Gasteiger partial charge in [0.15, 0.2) is 0 Å². The highest BCUT2D eigenvalue weighted by Gasteiger charge is 2.11. The van der Waals surface area contributed by atoms with Gasteiger partial charge in [-0.25, -0.2) is 0 Å². The van der Waals surface area contributed by atoms with Gasteiger partial charge in [0.2, 0.25) is 0 Å². The minimum atomic E-state index is -0.536. The van der Waals surface area contributed by atoms with Gasteiger partial charge in [-0.3, -0.25) is 9.67 Å². The highest BCUT2D eigenvalue weighted by Crippen LogP contribution is 2.19. The summed E-state index contributed by atoms with van der Waals surface area (Å²) in [4.78, 5) is 4.07. The molecule has 0 aliphatic carbocycles. The number of aromatic nitrogens is 3. The zero-order valence-electron chi connectivity index (χ0n) is 9.55. The van der Waals surface area contributed by atoms with Crippen molar-refractivity contribution in [3.05, 3.63) is 46.5 Å². The van der Waals surface area contributed by atoms with Crippen LogP contribution in [0.25, 0.3) is 0 Å². The molecule has 0 saturated carbocycles. The largest absolute Gasteiger partial charge is 0.388 e. The number of rotatable bonds is 4. The highest BCUT2D eigenvalue weighted by atomic mass is 79.9. The molecule has 0 saturated heterocycles. The fraction of sp³-hybridized carbons (Fsp3) is 0.333. The Balaban J connectivity index is 2.08. The van der Waals surface area contributed by atoms with Crippen molar-refractivity contribution in [3.63, 3.8) is 0 Å². The molecule has 1 unspecified atom stereocenters. The van der Waals surface area contributed by atoms with Crippen LogP contribution in [0.5, 0.6) is 0 Å². The summed E-state index contributed by atoms with van der Waals surface area (Å²) in [5.74, 6) is 0. The molecule has 17 heavy (non-hydrogen) atoms. The first-order valence-electron chi connectivity index (χ1n) is 5.49. The monoisotopic (exact) mass is 295 g/mol. The molecule has 0 bridgehead atoms. The molecule has 2 aromatic heterocycles. The van der Waals surface area contributed by atoms with E-state index in [9.17, 15) is 5.11 Å². The quantitative estimate of drug-likeness (QED) is 0.942. The number of aliphatic hydroxyl groups excluding tert-OH is 1. The molecular formula is C12H14BrN3O. The second-order valence-corrected chi connectivity index (χ2v) is 4.78. The molecular weight excluding hydrogens is 282 g/mol. The molecule has 0 aliphatic rings. The van der Waals surface area contributed by atoms with Crippen molar-refractivity contribution in [3.8, 4) is 0 Å². The number of hydrogen-bond donors (Lipinski definition) is 1. The molecule has 0 aromatic carbocycles. The first-order valence-corrected chi connectivity index (χ1v) is 6.28. The van der Waals surface area contributed by atoms with E-state index in [0.29, 0.717) is 6.42 Å². The van der Waals surface area contributed by atoms with Crippen molar-refractivity contribution in [2.45, 2.75) is 26.0 Å². The normalized spacial score (nSPS) is 12.6. The van der Waals surface area contributed by atoms with Crippen LogP contribution in [0.2, 0.25) is 0 Å². The maximum Gasteiger partial charge on any atom is 0.0861 e. The van der Waals surface area contributed by atoms with E-state index in [4.69, 9.17) is 0 Å². The van der Waals surface area contributed by atoms with E-state index in [2.05, 4.69) is 26.0 Å². The van der Waals surface area contributed by atoms with Gasteiger partial charge < -0.3 is 5.11 Å². The summed E-state index contributed by atoms with van der Waals surface area (Å²) in [7, 11) is 0. The third-order valence-corrected chi connectivity index (χ3v) is 2.99. The smallest absolute Gasteiger partial charge is 0.0861 e. The Morgan fingerprint density at radius 3 is 2.88 bits per heavy atom. The first-order chi connectivity index (χ1) is 8.19. The Morgan fingerprint density at radius 1 is 1.41 bits per heavy atom. The summed E-state index contributed by atoms with van der Waals surface area (Å²) < 4.78 is 2.73. The van der Waals surface area contributed by atoms with E-state index in [1.807, 2.05) is 19.2 Å². The van der Waals surface area contributed by atoms with E-state index in [1.165, 1.54) is 0 Å². The van der Waals surface area contributed by atoms with E-state index in [1.54, 1.807) is 23.3 Å². The van der Waals surface area contributed by atoms with Crippen molar-refractivity contribution in [1.29, 1.82) is 0 Å². The summed E-state index contributed by atoms with van der Waals surface area (Å²) in [5, 5.41) is 14.2. The average Bonchev–Trinajstić information content (AvgIpc) is 2.77. The number of aryl methyl sites for hydroxylation is 1. The van der Waals surface area contributed by atoms with E-state index >= 15 is 0 Å².